The highest BCUT2D eigenvalue weighted by Crippen LogP contribution is 2.34. The first kappa shape index (κ1) is 20.3. The average molecular weight is 404 g/mol. The summed E-state index contributed by atoms with van der Waals surface area (Å²) in [5.41, 5.74) is 2.57. The van der Waals surface area contributed by atoms with E-state index in [1.54, 1.807) is 4.57 Å². The zero-order valence-corrected chi connectivity index (χ0v) is 18.0. The van der Waals surface area contributed by atoms with Crippen LogP contribution in [0, 0.1) is 5.92 Å². The summed E-state index contributed by atoms with van der Waals surface area (Å²) in [6.07, 6.45) is 3.73. The molecule has 1 heterocycles. The van der Waals surface area contributed by atoms with E-state index in [2.05, 4.69) is 13.8 Å². The summed E-state index contributed by atoms with van der Waals surface area (Å²) in [6, 6.07) is 15.2. The number of rotatable bonds is 7. The van der Waals surface area contributed by atoms with Crippen molar-refractivity contribution in [2.75, 3.05) is 6.54 Å². The molecular formula is C25H29N3O2. The molecule has 0 spiro atoms. The van der Waals surface area contributed by atoms with E-state index in [1.807, 2.05) is 60.4 Å². The van der Waals surface area contributed by atoms with Crippen molar-refractivity contribution >= 4 is 16.8 Å². The van der Waals surface area contributed by atoms with Gasteiger partial charge in [0, 0.05) is 12.5 Å². The molecule has 5 heteroatoms. The second-order valence-corrected chi connectivity index (χ2v) is 8.13. The number of para-hydroxylation sites is 1. The number of benzene rings is 2. The van der Waals surface area contributed by atoms with Crippen LogP contribution < -0.4 is 5.56 Å². The smallest absolute Gasteiger partial charge is 0.266 e. The molecule has 1 atom stereocenters. The van der Waals surface area contributed by atoms with Gasteiger partial charge in [0.1, 0.15) is 5.82 Å². The summed E-state index contributed by atoms with van der Waals surface area (Å²) in [6.45, 7) is 6.83. The Morgan fingerprint density at radius 1 is 1.13 bits per heavy atom. The predicted octanol–water partition coefficient (Wildman–Crippen LogP) is 4.66. The van der Waals surface area contributed by atoms with Gasteiger partial charge in [-0.25, -0.2) is 4.98 Å². The fourth-order valence-corrected chi connectivity index (χ4v) is 4.00. The van der Waals surface area contributed by atoms with E-state index < -0.39 is 0 Å². The highest BCUT2D eigenvalue weighted by Gasteiger charge is 2.36. The second-order valence-electron chi connectivity index (χ2n) is 8.13. The lowest BCUT2D eigenvalue weighted by molar-refractivity contribution is -0.135. The third-order valence-corrected chi connectivity index (χ3v) is 5.92. The molecule has 156 valence electrons. The number of hydrogen-bond acceptors (Lipinski definition) is 3. The molecule has 5 nitrogen and oxygen atoms in total. The minimum absolute atomic E-state index is 0.0954. The van der Waals surface area contributed by atoms with Crippen molar-refractivity contribution < 1.29 is 4.79 Å². The molecule has 1 unspecified atom stereocenters. The third kappa shape index (κ3) is 3.76. The zero-order valence-electron chi connectivity index (χ0n) is 18.0. The molecule has 1 fully saturated rings. The van der Waals surface area contributed by atoms with Crippen LogP contribution in [0.25, 0.3) is 16.6 Å². The predicted molar refractivity (Wildman–Crippen MR) is 120 cm³/mol. The van der Waals surface area contributed by atoms with Crippen molar-refractivity contribution in [3.05, 3.63) is 70.3 Å². The van der Waals surface area contributed by atoms with Crippen LogP contribution in [-0.2, 0) is 11.2 Å². The first-order chi connectivity index (χ1) is 14.5. The lowest BCUT2D eigenvalue weighted by Crippen LogP contribution is -2.38. The van der Waals surface area contributed by atoms with Gasteiger partial charge in [-0.3, -0.25) is 14.2 Å². The molecule has 4 rings (SSSR count). The van der Waals surface area contributed by atoms with E-state index in [9.17, 15) is 9.59 Å². The summed E-state index contributed by atoms with van der Waals surface area (Å²) in [7, 11) is 0. The summed E-state index contributed by atoms with van der Waals surface area (Å²) in [5, 5.41) is 0.587. The Hall–Kier alpha value is -2.95. The standard InChI is InChI=1S/C25H29N3O2/c1-4-16-27(24(29)19-12-13-19)17(3)23-26-22-9-7-6-8-21(22)25(30)28(23)20-14-10-18(5-2)11-15-20/h6-11,14-15,17,19H,4-5,12-13,16H2,1-3H3. The van der Waals surface area contributed by atoms with Gasteiger partial charge in [0.15, 0.2) is 0 Å². The molecule has 30 heavy (non-hydrogen) atoms. The van der Waals surface area contributed by atoms with Crippen LogP contribution in [0.5, 0.6) is 0 Å². The fraction of sp³-hybridized carbons (Fsp3) is 0.400. The fourth-order valence-electron chi connectivity index (χ4n) is 4.00. The lowest BCUT2D eigenvalue weighted by Gasteiger charge is -2.30. The second kappa shape index (κ2) is 8.42. The lowest BCUT2D eigenvalue weighted by atomic mass is 10.1. The van der Waals surface area contributed by atoms with Crippen LogP contribution >= 0.6 is 0 Å². The molecule has 1 aromatic heterocycles. The highest BCUT2D eigenvalue weighted by atomic mass is 16.2. The molecular weight excluding hydrogens is 374 g/mol. The number of amides is 1. The van der Waals surface area contributed by atoms with E-state index in [-0.39, 0.29) is 23.4 Å². The summed E-state index contributed by atoms with van der Waals surface area (Å²) < 4.78 is 1.69. The Morgan fingerprint density at radius 3 is 2.47 bits per heavy atom. The molecule has 0 saturated heterocycles. The number of hydrogen-bond donors (Lipinski definition) is 0. The topological polar surface area (TPSA) is 55.2 Å². The Kier molecular flexibility index (Phi) is 5.71. The molecule has 0 bridgehead atoms. The van der Waals surface area contributed by atoms with Crippen molar-refractivity contribution in [2.24, 2.45) is 5.92 Å². The molecule has 1 aliphatic rings. The SMILES string of the molecule is CCCN(C(=O)C1CC1)C(C)c1nc2ccccc2c(=O)n1-c1ccc(CC)cc1. The molecule has 0 aliphatic heterocycles. The van der Waals surface area contributed by atoms with Gasteiger partial charge in [-0.2, -0.15) is 0 Å². The summed E-state index contributed by atoms with van der Waals surface area (Å²) >= 11 is 0. The molecule has 1 aliphatic carbocycles. The van der Waals surface area contributed by atoms with Gasteiger partial charge in [-0.1, -0.05) is 38.1 Å². The van der Waals surface area contributed by atoms with E-state index >= 15 is 0 Å². The molecule has 1 amide bonds. The molecule has 0 N–H and O–H groups in total. The van der Waals surface area contributed by atoms with Gasteiger partial charge in [0.2, 0.25) is 5.91 Å². The third-order valence-electron chi connectivity index (χ3n) is 5.92. The number of fused-ring (bicyclic) bond motifs is 1. The Morgan fingerprint density at radius 2 is 1.83 bits per heavy atom. The maximum atomic E-state index is 13.5. The summed E-state index contributed by atoms with van der Waals surface area (Å²) in [5.74, 6) is 0.925. The van der Waals surface area contributed by atoms with Gasteiger partial charge in [-0.15, -0.1) is 0 Å². The first-order valence-corrected chi connectivity index (χ1v) is 11.0. The first-order valence-electron chi connectivity index (χ1n) is 11.0. The number of carbonyl (C=O) groups is 1. The maximum Gasteiger partial charge on any atom is 0.266 e. The molecule has 2 aromatic carbocycles. The van der Waals surface area contributed by atoms with E-state index in [0.29, 0.717) is 23.3 Å². The Labute approximate surface area is 177 Å². The van der Waals surface area contributed by atoms with Gasteiger partial charge >= 0.3 is 0 Å². The van der Waals surface area contributed by atoms with Crippen molar-refractivity contribution in [3.8, 4) is 5.69 Å². The monoisotopic (exact) mass is 403 g/mol. The Balaban J connectivity index is 1.90. The van der Waals surface area contributed by atoms with Gasteiger partial charge < -0.3 is 4.90 Å². The maximum absolute atomic E-state index is 13.5. The van der Waals surface area contributed by atoms with Crippen LogP contribution in [0.2, 0.25) is 0 Å². The zero-order chi connectivity index (χ0) is 21.3. The van der Waals surface area contributed by atoms with Crippen molar-refractivity contribution in [3.63, 3.8) is 0 Å². The number of aromatic nitrogens is 2. The van der Waals surface area contributed by atoms with E-state index in [1.165, 1.54) is 5.56 Å². The largest absolute Gasteiger partial charge is 0.333 e. The number of aryl methyl sites for hydroxylation is 1. The number of nitrogens with zero attached hydrogens (tertiary/aromatic N) is 3. The van der Waals surface area contributed by atoms with Gasteiger partial charge in [0.25, 0.3) is 5.56 Å². The molecule has 1 saturated carbocycles. The van der Waals surface area contributed by atoms with Crippen LogP contribution in [-0.4, -0.2) is 26.9 Å². The molecule has 3 aromatic rings. The normalized spacial score (nSPS) is 14.6. The van der Waals surface area contributed by atoms with Crippen molar-refractivity contribution in [1.82, 2.24) is 14.5 Å². The van der Waals surface area contributed by atoms with Crippen LogP contribution in [0.1, 0.15) is 57.5 Å². The van der Waals surface area contributed by atoms with Gasteiger partial charge in [-0.05, 0) is 62.4 Å². The highest BCUT2D eigenvalue weighted by molar-refractivity contribution is 5.82. The quantitative estimate of drug-likeness (QED) is 0.577. The van der Waals surface area contributed by atoms with Crippen molar-refractivity contribution in [1.29, 1.82) is 0 Å². The Bertz CT molecular complexity index is 1110. The van der Waals surface area contributed by atoms with E-state index in [4.69, 9.17) is 4.98 Å². The van der Waals surface area contributed by atoms with Gasteiger partial charge in [0.05, 0.1) is 22.6 Å². The van der Waals surface area contributed by atoms with Crippen LogP contribution in [0.3, 0.4) is 0 Å². The van der Waals surface area contributed by atoms with E-state index in [0.717, 1.165) is 31.4 Å². The summed E-state index contributed by atoms with van der Waals surface area (Å²) in [4.78, 5) is 33.3. The van der Waals surface area contributed by atoms with Crippen molar-refractivity contribution in [2.45, 2.75) is 52.5 Å². The van der Waals surface area contributed by atoms with Crippen LogP contribution in [0.15, 0.2) is 53.3 Å². The molecule has 0 radical (unpaired) electrons. The minimum atomic E-state index is -0.291. The average Bonchev–Trinajstić information content (AvgIpc) is 3.62. The number of carbonyl (C=O) groups excluding carboxylic acids is 1. The van der Waals surface area contributed by atoms with Crippen LogP contribution in [0.4, 0.5) is 0 Å². The minimum Gasteiger partial charge on any atom is -0.333 e.